The van der Waals surface area contributed by atoms with Crippen LogP contribution in [0.4, 0.5) is 0 Å². The molecule has 0 spiro atoms. The van der Waals surface area contributed by atoms with Gasteiger partial charge in [-0.2, -0.15) is 0 Å². The first-order valence-corrected chi connectivity index (χ1v) is 8.18. The van der Waals surface area contributed by atoms with Gasteiger partial charge in [-0.3, -0.25) is 9.59 Å². The van der Waals surface area contributed by atoms with Gasteiger partial charge in [0.25, 0.3) is 0 Å². The molecule has 0 radical (unpaired) electrons. The third-order valence-corrected chi connectivity index (χ3v) is 3.11. The molecule has 0 aliphatic carbocycles. The van der Waals surface area contributed by atoms with Gasteiger partial charge < -0.3 is 15.9 Å². The molecular weight excluding hydrogens is 270 g/mol. The van der Waals surface area contributed by atoms with E-state index in [0.717, 1.165) is 6.54 Å². The molecule has 0 heterocycles. The van der Waals surface area contributed by atoms with Crippen molar-refractivity contribution in [3.8, 4) is 0 Å². The van der Waals surface area contributed by atoms with Gasteiger partial charge in [0.05, 0.1) is 12.8 Å². The smallest absolute Gasteiger partial charge is 0.303 e. The number of rotatable bonds is 13. The number of hydrogen-bond acceptors (Lipinski definition) is 3. The van der Waals surface area contributed by atoms with E-state index in [0.29, 0.717) is 0 Å². The number of hydrogen-bond donors (Lipinski definition) is 3. The molecule has 5 heteroatoms. The van der Waals surface area contributed by atoms with Crippen LogP contribution in [0.25, 0.3) is 0 Å². The minimum Gasteiger partial charge on any atom is -0.481 e. The van der Waals surface area contributed by atoms with Crippen molar-refractivity contribution in [1.82, 2.24) is 0 Å². The van der Waals surface area contributed by atoms with Gasteiger partial charge in [-0.15, -0.1) is 0 Å². The van der Waals surface area contributed by atoms with Crippen LogP contribution in [0.2, 0.25) is 0 Å². The second-order valence-corrected chi connectivity index (χ2v) is 5.26. The number of carboxylic acids is 2. The first-order chi connectivity index (χ1) is 10.0. The predicted octanol–water partition coefficient (Wildman–Crippen LogP) is 3.80. The Balaban J connectivity index is 0. The fourth-order valence-electron chi connectivity index (χ4n) is 1.85. The predicted molar refractivity (Wildman–Crippen MR) is 85.4 cm³/mol. The topological polar surface area (TPSA) is 101 Å². The van der Waals surface area contributed by atoms with Crippen LogP contribution in [0, 0.1) is 0 Å². The maximum atomic E-state index is 9.64. The molecule has 0 aromatic rings. The summed E-state index contributed by atoms with van der Waals surface area (Å²) < 4.78 is 0. The Morgan fingerprint density at radius 3 is 1.33 bits per heavy atom. The summed E-state index contributed by atoms with van der Waals surface area (Å²) in [6, 6.07) is 0. The number of aliphatic carboxylic acids is 2. The van der Waals surface area contributed by atoms with Crippen molar-refractivity contribution in [2.75, 3.05) is 6.54 Å². The highest BCUT2D eigenvalue weighted by molar-refractivity contribution is 5.75. The molecule has 0 aliphatic rings. The van der Waals surface area contributed by atoms with E-state index in [4.69, 9.17) is 15.9 Å². The van der Waals surface area contributed by atoms with Gasteiger partial charge in [-0.25, -0.2) is 0 Å². The van der Waals surface area contributed by atoms with Gasteiger partial charge in [-0.05, 0) is 13.0 Å². The number of nitrogens with two attached hydrogens (primary N) is 1. The quantitative estimate of drug-likeness (QED) is 0.449. The fraction of sp³-hybridized carbons (Fsp3) is 0.875. The Labute approximate surface area is 128 Å². The molecule has 21 heavy (non-hydrogen) atoms. The van der Waals surface area contributed by atoms with Crippen LogP contribution in [-0.2, 0) is 9.59 Å². The molecule has 0 bridgehead atoms. The van der Waals surface area contributed by atoms with Crippen LogP contribution in [0.5, 0.6) is 0 Å². The summed E-state index contributed by atoms with van der Waals surface area (Å²) in [5, 5.41) is 15.8. The average Bonchev–Trinajstić information content (AvgIpc) is 2.44. The molecule has 0 atom stereocenters. The summed E-state index contributed by atoms with van der Waals surface area (Å²) in [5.74, 6) is -2.15. The lowest BCUT2D eigenvalue weighted by Gasteiger charge is -2.00. The van der Waals surface area contributed by atoms with Crippen molar-refractivity contribution in [3.63, 3.8) is 0 Å². The zero-order valence-electron chi connectivity index (χ0n) is 13.5. The van der Waals surface area contributed by atoms with E-state index in [1.807, 2.05) is 0 Å². The normalized spacial score (nSPS) is 9.81. The molecule has 126 valence electrons. The second-order valence-electron chi connectivity index (χ2n) is 5.26. The number of carboxylic acid groups (broad SMARTS) is 2. The first-order valence-electron chi connectivity index (χ1n) is 8.18. The maximum Gasteiger partial charge on any atom is 0.303 e. The van der Waals surface area contributed by atoms with Gasteiger partial charge >= 0.3 is 11.9 Å². The molecule has 0 fully saturated rings. The zero-order chi connectivity index (χ0) is 16.3. The van der Waals surface area contributed by atoms with Gasteiger partial charge in [0.15, 0.2) is 0 Å². The first kappa shape index (κ1) is 22.2. The number of carbonyl (C=O) groups is 2. The van der Waals surface area contributed by atoms with E-state index >= 15 is 0 Å². The molecule has 0 amide bonds. The summed E-state index contributed by atoms with van der Waals surface area (Å²) in [6.45, 7) is 3.14. The van der Waals surface area contributed by atoms with Crippen molar-refractivity contribution in [3.05, 3.63) is 0 Å². The standard InChI is InChI=1S/C12H27N.C4H6O4/c1-2-3-4-5-6-7-8-9-10-11-12-13;5-3(6)1-2-4(7)8/h2-13H2,1H3;1-2H2,(H,5,6)(H,7,8). The molecule has 0 saturated heterocycles. The molecule has 0 unspecified atom stereocenters. The summed E-state index contributed by atoms with van der Waals surface area (Å²) in [6.07, 6.45) is 13.3. The minimum atomic E-state index is -1.08. The second kappa shape index (κ2) is 18.9. The minimum absolute atomic E-state index is 0.296. The molecular formula is C16H33NO4. The van der Waals surface area contributed by atoms with Gasteiger partial charge in [0.1, 0.15) is 0 Å². The molecule has 0 aliphatic heterocycles. The van der Waals surface area contributed by atoms with Gasteiger partial charge in [-0.1, -0.05) is 64.7 Å². The Morgan fingerprint density at radius 1 is 0.714 bits per heavy atom. The van der Waals surface area contributed by atoms with Crippen LogP contribution in [0.3, 0.4) is 0 Å². The fourth-order valence-corrected chi connectivity index (χ4v) is 1.85. The Hall–Kier alpha value is -1.10. The van der Waals surface area contributed by atoms with E-state index in [1.54, 1.807) is 0 Å². The molecule has 0 saturated carbocycles. The van der Waals surface area contributed by atoms with E-state index < -0.39 is 11.9 Å². The summed E-state index contributed by atoms with van der Waals surface area (Å²) in [5.41, 5.74) is 5.42. The van der Waals surface area contributed by atoms with Crippen molar-refractivity contribution < 1.29 is 19.8 Å². The summed E-state index contributed by atoms with van der Waals surface area (Å²) in [7, 11) is 0. The maximum absolute atomic E-state index is 9.64. The van der Waals surface area contributed by atoms with Gasteiger partial charge in [0, 0.05) is 0 Å². The van der Waals surface area contributed by atoms with E-state index in [1.165, 1.54) is 64.2 Å². The highest BCUT2D eigenvalue weighted by Crippen LogP contribution is 2.09. The van der Waals surface area contributed by atoms with Crippen LogP contribution in [-0.4, -0.2) is 28.7 Å². The third kappa shape index (κ3) is 27.9. The Bertz CT molecular complexity index is 220. The van der Waals surface area contributed by atoms with Crippen LogP contribution < -0.4 is 5.73 Å². The van der Waals surface area contributed by atoms with Crippen LogP contribution in [0.15, 0.2) is 0 Å². The van der Waals surface area contributed by atoms with Crippen molar-refractivity contribution in [1.29, 1.82) is 0 Å². The largest absolute Gasteiger partial charge is 0.481 e. The lowest BCUT2D eigenvalue weighted by molar-refractivity contribution is -0.143. The average molecular weight is 303 g/mol. The molecule has 4 N–H and O–H groups in total. The Morgan fingerprint density at radius 2 is 1.05 bits per heavy atom. The van der Waals surface area contributed by atoms with E-state index in [-0.39, 0.29) is 12.8 Å². The lowest BCUT2D eigenvalue weighted by atomic mass is 10.1. The monoisotopic (exact) mass is 303 g/mol. The van der Waals surface area contributed by atoms with Crippen LogP contribution in [0.1, 0.15) is 84.0 Å². The highest BCUT2D eigenvalue weighted by Gasteiger charge is 2.00. The third-order valence-electron chi connectivity index (χ3n) is 3.11. The van der Waals surface area contributed by atoms with Crippen molar-refractivity contribution in [2.24, 2.45) is 5.73 Å². The zero-order valence-corrected chi connectivity index (χ0v) is 13.5. The highest BCUT2D eigenvalue weighted by atomic mass is 16.4. The van der Waals surface area contributed by atoms with Crippen molar-refractivity contribution >= 4 is 11.9 Å². The Kier molecular flexibility index (Phi) is 20.0. The summed E-state index contributed by atoms with van der Waals surface area (Å²) in [4.78, 5) is 19.3. The molecule has 5 nitrogen and oxygen atoms in total. The lowest BCUT2D eigenvalue weighted by Crippen LogP contribution is -2.00. The van der Waals surface area contributed by atoms with E-state index in [9.17, 15) is 9.59 Å². The molecule has 0 aromatic carbocycles. The SMILES string of the molecule is CCCCCCCCCCCCN.O=C(O)CCC(=O)O. The van der Waals surface area contributed by atoms with E-state index in [2.05, 4.69) is 6.92 Å². The van der Waals surface area contributed by atoms with Gasteiger partial charge in [0.2, 0.25) is 0 Å². The number of unbranched alkanes of at least 4 members (excludes halogenated alkanes) is 9. The molecule has 0 aromatic heterocycles. The molecule has 0 rings (SSSR count). The summed E-state index contributed by atoms with van der Waals surface area (Å²) >= 11 is 0. The van der Waals surface area contributed by atoms with Crippen molar-refractivity contribution in [2.45, 2.75) is 84.0 Å². The van der Waals surface area contributed by atoms with Crippen LogP contribution >= 0.6 is 0 Å².